The number of aromatic hydroxyl groups is 1. The van der Waals surface area contributed by atoms with E-state index in [0.717, 1.165) is 25.7 Å². The Bertz CT molecular complexity index is 427. The maximum atomic E-state index is 10.7. The molecule has 0 saturated heterocycles. The Hall–Kier alpha value is -1.29. The van der Waals surface area contributed by atoms with Gasteiger partial charge in [0.15, 0.2) is 0 Å². The molecule has 0 atom stereocenters. The number of benzene rings is 1. The zero-order chi connectivity index (χ0) is 11.7. The van der Waals surface area contributed by atoms with Gasteiger partial charge in [-0.3, -0.25) is 10.1 Å². The number of hydrogen-bond donors (Lipinski definition) is 1. The molecule has 0 aromatic heterocycles. The third kappa shape index (κ3) is 1.97. The molecule has 0 bridgehead atoms. The van der Waals surface area contributed by atoms with Crippen molar-refractivity contribution in [2.24, 2.45) is 0 Å². The molecule has 1 saturated carbocycles. The average Bonchev–Trinajstić information content (AvgIpc) is 2.74. The number of hydrogen-bond acceptors (Lipinski definition) is 3. The average molecular weight is 242 g/mol. The normalized spacial score (nSPS) is 16.6. The highest BCUT2D eigenvalue weighted by Crippen LogP contribution is 2.43. The van der Waals surface area contributed by atoms with Crippen molar-refractivity contribution in [3.8, 4) is 5.75 Å². The van der Waals surface area contributed by atoms with Gasteiger partial charge in [0.1, 0.15) is 5.75 Å². The number of phenolic OH excluding ortho intramolecular Hbond substituents is 1. The number of halogens is 1. The van der Waals surface area contributed by atoms with Crippen LogP contribution in [0.1, 0.15) is 37.2 Å². The second-order valence-corrected chi connectivity index (χ2v) is 4.51. The number of phenols is 1. The van der Waals surface area contributed by atoms with Crippen LogP contribution in [0.5, 0.6) is 5.75 Å². The van der Waals surface area contributed by atoms with Crippen molar-refractivity contribution in [1.29, 1.82) is 0 Å². The molecule has 0 heterocycles. The van der Waals surface area contributed by atoms with Gasteiger partial charge in [0, 0.05) is 17.7 Å². The first kappa shape index (κ1) is 11.2. The zero-order valence-electron chi connectivity index (χ0n) is 8.65. The highest BCUT2D eigenvalue weighted by atomic mass is 35.5. The van der Waals surface area contributed by atoms with E-state index in [1.54, 1.807) is 0 Å². The second-order valence-electron chi connectivity index (χ2n) is 4.10. The van der Waals surface area contributed by atoms with Gasteiger partial charge in [-0.2, -0.15) is 0 Å². The molecule has 0 aliphatic heterocycles. The summed E-state index contributed by atoms with van der Waals surface area (Å²) in [6.07, 6.45) is 4.13. The van der Waals surface area contributed by atoms with Crippen molar-refractivity contribution in [1.82, 2.24) is 0 Å². The molecule has 0 amide bonds. The number of rotatable bonds is 2. The van der Waals surface area contributed by atoms with Crippen molar-refractivity contribution < 1.29 is 10.0 Å². The summed E-state index contributed by atoms with van der Waals surface area (Å²) >= 11 is 5.79. The van der Waals surface area contributed by atoms with Crippen LogP contribution in [0.3, 0.4) is 0 Å². The molecule has 1 aromatic rings. The SMILES string of the molecule is O=[N+]([O-])c1cc(Cl)c(O)c(C2CCCC2)c1. The van der Waals surface area contributed by atoms with E-state index in [-0.39, 0.29) is 22.4 Å². The largest absolute Gasteiger partial charge is 0.506 e. The Balaban J connectivity index is 2.45. The Morgan fingerprint density at radius 2 is 2.00 bits per heavy atom. The van der Waals surface area contributed by atoms with Gasteiger partial charge in [0.2, 0.25) is 0 Å². The fraction of sp³-hybridized carbons (Fsp3) is 0.455. The Morgan fingerprint density at radius 3 is 2.56 bits per heavy atom. The van der Waals surface area contributed by atoms with E-state index < -0.39 is 4.92 Å². The van der Waals surface area contributed by atoms with Gasteiger partial charge in [-0.1, -0.05) is 24.4 Å². The van der Waals surface area contributed by atoms with Crippen molar-refractivity contribution in [2.45, 2.75) is 31.6 Å². The fourth-order valence-electron chi connectivity index (χ4n) is 2.26. The van der Waals surface area contributed by atoms with Crippen molar-refractivity contribution in [3.05, 3.63) is 32.8 Å². The number of non-ortho nitro benzene ring substituents is 1. The van der Waals surface area contributed by atoms with Crippen molar-refractivity contribution >= 4 is 17.3 Å². The fourth-order valence-corrected chi connectivity index (χ4v) is 2.48. The van der Waals surface area contributed by atoms with Crippen molar-refractivity contribution in [3.63, 3.8) is 0 Å². The van der Waals surface area contributed by atoms with Crippen LogP contribution in [0.2, 0.25) is 5.02 Å². The van der Waals surface area contributed by atoms with Crippen LogP contribution in [-0.2, 0) is 0 Å². The summed E-state index contributed by atoms with van der Waals surface area (Å²) in [5.74, 6) is 0.205. The first-order valence-corrected chi connectivity index (χ1v) is 5.64. The molecular formula is C11H12ClNO3. The molecule has 0 spiro atoms. The Morgan fingerprint density at radius 1 is 1.38 bits per heavy atom. The van der Waals surface area contributed by atoms with Crippen LogP contribution < -0.4 is 0 Å². The third-order valence-electron chi connectivity index (χ3n) is 3.08. The summed E-state index contributed by atoms with van der Waals surface area (Å²) in [6, 6.07) is 2.63. The first-order valence-electron chi connectivity index (χ1n) is 5.26. The summed E-state index contributed by atoms with van der Waals surface area (Å²) in [5, 5.41) is 20.6. The van der Waals surface area contributed by atoms with Crippen LogP contribution in [-0.4, -0.2) is 10.0 Å². The summed E-state index contributed by atoms with van der Waals surface area (Å²) in [6.45, 7) is 0. The molecule has 5 heteroatoms. The summed E-state index contributed by atoms with van der Waals surface area (Å²) in [5.41, 5.74) is 0.571. The Labute approximate surface area is 98.0 Å². The van der Waals surface area contributed by atoms with E-state index in [1.807, 2.05) is 0 Å². The molecule has 4 nitrogen and oxygen atoms in total. The molecule has 1 aromatic carbocycles. The molecule has 1 aliphatic carbocycles. The minimum atomic E-state index is -0.482. The minimum Gasteiger partial charge on any atom is -0.506 e. The summed E-state index contributed by atoms with van der Waals surface area (Å²) in [7, 11) is 0. The molecular weight excluding hydrogens is 230 g/mol. The third-order valence-corrected chi connectivity index (χ3v) is 3.37. The van der Waals surface area contributed by atoms with E-state index in [4.69, 9.17) is 11.6 Å². The van der Waals surface area contributed by atoms with Gasteiger partial charge in [-0.15, -0.1) is 0 Å². The van der Waals surface area contributed by atoms with E-state index in [0.29, 0.717) is 5.56 Å². The summed E-state index contributed by atoms with van der Waals surface area (Å²) < 4.78 is 0. The number of nitro benzene ring substituents is 1. The highest BCUT2D eigenvalue weighted by Gasteiger charge is 2.24. The molecule has 86 valence electrons. The van der Waals surface area contributed by atoms with Crippen LogP contribution in [0.15, 0.2) is 12.1 Å². The molecule has 1 aliphatic rings. The molecule has 2 rings (SSSR count). The summed E-state index contributed by atoms with van der Waals surface area (Å²) in [4.78, 5) is 10.2. The monoisotopic (exact) mass is 241 g/mol. The predicted molar refractivity (Wildman–Crippen MR) is 61.0 cm³/mol. The lowest BCUT2D eigenvalue weighted by Gasteiger charge is -2.12. The van der Waals surface area contributed by atoms with E-state index in [2.05, 4.69) is 0 Å². The standard InChI is InChI=1S/C11H12ClNO3/c12-10-6-8(13(15)16)5-9(11(10)14)7-3-1-2-4-7/h5-7,14H,1-4H2. The van der Waals surface area contributed by atoms with Gasteiger partial charge in [-0.05, 0) is 18.8 Å². The lowest BCUT2D eigenvalue weighted by atomic mass is 9.96. The maximum absolute atomic E-state index is 10.7. The maximum Gasteiger partial charge on any atom is 0.271 e. The molecule has 0 unspecified atom stereocenters. The first-order chi connectivity index (χ1) is 7.59. The minimum absolute atomic E-state index is 0.000772. The zero-order valence-corrected chi connectivity index (χ0v) is 9.41. The number of nitro groups is 1. The van der Waals surface area contributed by atoms with E-state index >= 15 is 0 Å². The van der Waals surface area contributed by atoms with Gasteiger partial charge in [0.05, 0.1) is 9.95 Å². The molecule has 1 fully saturated rings. The second kappa shape index (κ2) is 4.29. The smallest absolute Gasteiger partial charge is 0.271 e. The topological polar surface area (TPSA) is 63.4 Å². The molecule has 1 N–H and O–H groups in total. The Kier molecular flexibility index (Phi) is 3.01. The number of nitrogens with zero attached hydrogens (tertiary/aromatic N) is 1. The lowest BCUT2D eigenvalue weighted by molar-refractivity contribution is -0.384. The lowest BCUT2D eigenvalue weighted by Crippen LogP contribution is -1.96. The molecule has 0 radical (unpaired) electrons. The van der Waals surface area contributed by atoms with Gasteiger partial charge >= 0.3 is 0 Å². The van der Waals surface area contributed by atoms with E-state index in [9.17, 15) is 15.2 Å². The van der Waals surface area contributed by atoms with E-state index in [1.165, 1.54) is 12.1 Å². The van der Waals surface area contributed by atoms with Gasteiger partial charge in [-0.25, -0.2) is 0 Å². The van der Waals surface area contributed by atoms with Gasteiger partial charge in [0.25, 0.3) is 5.69 Å². The highest BCUT2D eigenvalue weighted by molar-refractivity contribution is 6.32. The quantitative estimate of drug-likeness (QED) is 0.635. The van der Waals surface area contributed by atoms with Gasteiger partial charge < -0.3 is 5.11 Å². The molecule has 16 heavy (non-hydrogen) atoms. The van der Waals surface area contributed by atoms with Crippen LogP contribution in [0.25, 0.3) is 0 Å². The van der Waals surface area contributed by atoms with Crippen LogP contribution in [0.4, 0.5) is 5.69 Å². The predicted octanol–water partition coefficient (Wildman–Crippen LogP) is 3.61. The van der Waals surface area contributed by atoms with Crippen molar-refractivity contribution in [2.75, 3.05) is 0 Å². The van der Waals surface area contributed by atoms with Crippen LogP contribution >= 0.6 is 11.6 Å². The van der Waals surface area contributed by atoms with Crippen LogP contribution in [0, 0.1) is 10.1 Å².